The van der Waals surface area contributed by atoms with Crippen LogP contribution in [0.25, 0.3) is 10.9 Å². The summed E-state index contributed by atoms with van der Waals surface area (Å²) in [6, 6.07) is 17.9. The van der Waals surface area contributed by atoms with Crippen LogP contribution in [0.1, 0.15) is 21.6 Å². The number of nitrogens with zero attached hydrogens (tertiary/aromatic N) is 3. The van der Waals surface area contributed by atoms with E-state index in [1.807, 2.05) is 58.4 Å². The monoisotopic (exact) mass is 333 g/mol. The smallest absolute Gasteiger partial charge is 0.254 e. The highest BCUT2D eigenvalue weighted by atomic mass is 16.2. The van der Waals surface area contributed by atoms with E-state index in [9.17, 15) is 4.79 Å². The number of aromatic nitrogens is 1. The van der Waals surface area contributed by atoms with Crippen LogP contribution in [-0.2, 0) is 6.54 Å². The van der Waals surface area contributed by atoms with E-state index in [2.05, 4.69) is 34.1 Å². The molecule has 0 radical (unpaired) electrons. The molecule has 25 heavy (non-hydrogen) atoms. The highest BCUT2D eigenvalue weighted by molar-refractivity contribution is 6.06. The van der Waals surface area contributed by atoms with E-state index in [4.69, 9.17) is 0 Å². The Kier molecular flexibility index (Phi) is 4.70. The summed E-state index contributed by atoms with van der Waals surface area (Å²) in [6.45, 7) is 2.49. The Morgan fingerprint density at radius 3 is 2.36 bits per heavy atom. The summed E-state index contributed by atoms with van der Waals surface area (Å²) in [5, 5.41) is 0.896. The number of carbonyl (C=O) groups excluding carboxylic acids is 1. The first kappa shape index (κ1) is 17.0. The van der Waals surface area contributed by atoms with Gasteiger partial charge >= 0.3 is 0 Å². The van der Waals surface area contributed by atoms with Crippen molar-refractivity contribution in [3.8, 4) is 0 Å². The Morgan fingerprint density at radius 1 is 1.00 bits per heavy atom. The molecule has 2 aromatic carbocycles. The molecule has 0 N–H and O–H groups in total. The number of aryl methyl sites for hydroxylation is 1. The molecule has 0 saturated carbocycles. The lowest BCUT2D eigenvalue weighted by Crippen LogP contribution is -2.26. The third-order valence-corrected chi connectivity index (χ3v) is 4.29. The lowest BCUT2D eigenvalue weighted by molar-refractivity contribution is 0.0787. The van der Waals surface area contributed by atoms with Crippen molar-refractivity contribution in [3.05, 3.63) is 71.4 Å². The van der Waals surface area contributed by atoms with Gasteiger partial charge in [0.05, 0.1) is 11.1 Å². The molecule has 1 aromatic heterocycles. The van der Waals surface area contributed by atoms with Gasteiger partial charge in [0.15, 0.2) is 0 Å². The van der Waals surface area contributed by atoms with Gasteiger partial charge in [-0.2, -0.15) is 0 Å². The van der Waals surface area contributed by atoms with Gasteiger partial charge in [-0.15, -0.1) is 0 Å². The fraction of sp³-hybridized carbons (Fsp3) is 0.238. The average Bonchev–Trinajstić information content (AvgIpc) is 2.60. The maximum absolute atomic E-state index is 13.0. The van der Waals surface area contributed by atoms with Crippen molar-refractivity contribution in [2.45, 2.75) is 13.5 Å². The number of anilines is 1. The lowest BCUT2D eigenvalue weighted by atomic mass is 10.1. The summed E-state index contributed by atoms with van der Waals surface area (Å²) in [4.78, 5) is 21.3. The summed E-state index contributed by atoms with van der Waals surface area (Å²) in [5.41, 5.74) is 4.67. The molecule has 3 rings (SSSR count). The van der Waals surface area contributed by atoms with Crippen LogP contribution < -0.4 is 4.90 Å². The topological polar surface area (TPSA) is 36.4 Å². The number of fused-ring (bicyclic) bond motifs is 1. The molecule has 0 spiro atoms. The number of hydrogen-bond acceptors (Lipinski definition) is 3. The molecular weight excluding hydrogens is 310 g/mol. The number of para-hydroxylation sites is 1. The Bertz CT molecular complexity index is 901. The fourth-order valence-corrected chi connectivity index (χ4v) is 2.94. The second-order valence-electron chi connectivity index (χ2n) is 6.55. The number of carbonyl (C=O) groups is 1. The third kappa shape index (κ3) is 3.63. The van der Waals surface area contributed by atoms with Crippen LogP contribution in [0.5, 0.6) is 0 Å². The van der Waals surface area contributed by atoms with Crippen LogP contribution in [0.2, 0.25) is 0 Å². The summed E-state index contributed by atoms with van der Waals surface area (Å²) in [7, 11) is 5.87. The van der Waals surface area contributed by atoms with Gasteiger partial charge < -0.3 is 9.80 Å². The molecule has 0 atom stereocenters. The maximum atomic E-state index is 13.0. The first-order valence-corrected chi connectivity index (χ1v) is 8.34. The molecule has 0 unspecified atom stereocenters. The largest absolute Gasteiger partial charge is 0.378 e. The molecule has 4 heteroatoms. The van der Waals surface area contributed by atoms with Crippen molar-refractivity contribution in [2.24, 2.45) is 0 Å². The summed E-state index contributed by atoms with van der Waals surface area (Å²) < 4.78 is 0. The second-order valence-corrected chi connectivity index (χ2v) is 6.55. The highest BCUT2D eigenvalue weighted by Crippen LogP contribution is 2.21. The lowest BCUT2D eigenvalue weighted by Gasteiger charge is -2.19. The van der Waals surface area contributed by atoms with Gasteiger partial charge in [-0.3, -0.25) is 9.78 Å². The Balaban J connectivity index is 1.85. The van der Waals surface area contributed by atoms with Crippen molar-refractivity contribution in [3.63, 3.8) is 0 Å². The Hall–Kier alpha value is -2.88. The fourth-order valence-electron chi connectivity index (χ4n) is 2.94. The van der Waals surface area contributed by atoms with Crippen molar-refractivity contribution >= 4 is 22.5 Å². The molecule has 0 fully saturated rings. The van der Waals surface area contributed by atoms with Gasteiger partial charge in [0.25, 0.3) is 5.91 Å². The minimum absolute atomic E-state index is 0.0124. The Morgan fingerprint density at radius 2 is 1.68 bits per heavy atom. The zero-order chi connectivity index (χ0) is 18.0. The van der Waals surface area contributed by atoms with Crippen LogP contribution >= 0.6 is 0 Å². The summed E-state index contributed by atoms with van der Waals surface area (Å²) >= 11 is 0. The summed E-state index contributed by atoms with van der Waals surface area (Å²) in [5.74, 6) is 0.0124. The number of hydrogen-bond donors (Lipinski definition) is 0. The molecule has 0 aliphatic rings. The predicted molar refractivity (Wildman–Crippen MR) is 103 cm³/mol. The maximum Gasteiger partial charge on any atom is 0.254 e. The van der Waals surface area contributed by atoms with Gasteiger partial charge in [-0.1, -0.05) is 30.3 Å². The minimum atomic E-state index is 0.0124. The van der Waals surface area contributed by atoms with Gasteiger partial charge in [-0.25, -0.2) is 0 Å². The van der Waals surface area contributed by atoms with E-state index >= 15 is 0 Å². The van der Waals surface area contributed by atoms with Crippen LogP contribution in [-0.4, -0.2) is 36.9 Å². The SMILES string of the molecule is Cc1cc(C(=O)N(C)Cc2ccc(N(C)C)cc2)c2ccccc2n1. The van der Waals surface area contributed by atoms with Gasteiger partial charge in [-0.05, 0) is 36.8 Å². The standard InChI is InChI=1S/C21H23N3O/c1-15-13-19(18-7-5-6-8-20(18)22-15)21(25)24(4)14-16-9-11-17(12-10-16)23(2)3/h5-13H,14H2,1-4H3. The molecule has 1 heterocycles. The highest BCUT2D eigenvalue weighted by Gasteiger charge is 2.16. The van der Waals surface area contributed by atoms with Crippen molar-refractivity contribution in [2.75, 3.05) is 26.0 Å². The van der Waals surface area contributed by atoms with E-state index in [1.54, 1.807) is 4.90 Å². The minimum Gasteiger partial charge on any atom is -0.378 e. The van der Waals surface area contributed by atoms with E-state index in [-0.39, 0.29) is 5.91 Å². The van der Waals surface area contributed by atoms with E-state index in [0.29, 0.717) is 12.1 Å². The van der Waals surface area contributed by atoms with Crippen LogP contribution in [0.15, 0.2) is 54.6 Å². The predicted octanol–water partition coefficient (Wildman–Crippen LogP) is 3.88. The average molecular weight is 333 g/mol. The van der Waals surface area contributed by atoms with Crippen LogP contribution in [0.4, 0.5) is 5.69 Å². The molecule has 1 amide bonds. The second kappa shape index (κ2) is 6.93. The normalized spacial score (nSPS) is 10.7. The summed E-state index contributed by atoms with van der Waals surface area (Å²) in [6.07, 6.45) is 0. The number of rotatable bonds is 4. The van der Waals surface area contributed by atoms with Crippen molar-refractivity contribution < 1.29 is 4.79 Å². The number of benzene rings is 2. The van der Waals surface area contributed by atoms with Crippen LogP contribution in [0, 0.1) is 6.92 Å². The van der Waals surface area contributed by atoms with E-state index < -0.39 is 0 Å². The van der Waals surface area contributed by atoms with Crippen molar-refractivity contribution in [1.82, 2.24) is 9.88 Å². The molecule has 0 bridgehead atoms. The first-order valence-electron chi connectivity index (χ1n) is 8.34. The molecule has 0 saturated heterocycles. The molecule has 0 aliphatic carbocycles. The van der Waals surface area contributed by atoms with Gasteiger partial charge in [0.1, 0.15) is 0 Å². The molecule has 3 aromatic rings. The molecule has 0 aliphatic heterocycles. The van der Waals surface area contributed by atoms with E-state index in [0.717, 1.165) is 27.8 Å². The van der Waals surface area contributed by atoms with Gasteiger partial charge in [0, 0.05) is 44.5 Å². The van der Waals surface area contributed by atoms with Crippen LogP contribution in [0.3, 0.4) is 0 Å². The first-order chi connectivity index (χ1) is 12.0. The Labute approximate surface area is 148 Å². The molecular formula is C21H23N3O. The molecule has 4 nitrogen and oxygen atoms in total. The number of amides is 1. The zero-order valence-electron chi connectivity index (χ0n) is 15.2. The third-order valence-electron chi connectivity index (χ3n) is 4.29. The quantitative estimate of drug-likeness (QED) is 0.727. The van der Waals surface area contributed by atoms with E-state index in [1.165, 1.54) is 0 Å². The molecule has 128 valence electrons. The number of pyridine rings is 1. The van der Waals surface area contributed by atoms with Crippen molar-refractivity contribution in [1.29, 1.82) is 0 Å². The van der Waals surface area contributed by atoms with Gasteiger partial charge in [0.2, 0.25) is 0 Å². The zero-order valence-corrected chi connectivity index (χ0v) is 15.2.